The Hall–Kier alpha value is -2.36. The Morgan fingerprint density at radius 3 is 2.35 bits per heavy atom. The van der Waals surface area contributed by atoms with Crippen molar-refractivity contribution >= 4 is 16.7 Å². The number of hydrogen-bond acceptors (Lipinski definition) is 3. The third-order valence-electron chi connectivity index (χ3n) is 2.31. The Balaban J connectivity index is 2.51. The number of nitrogens with zero attached hydrogens (tertiary/aromatic N) is 3. The van der Waals surface area contributed by atoms with E-state index in [0.29, 0.717) is 5.70 Å². The molecule has 0 saturated heterocycles. The van der Waals surface area contributed by atoms with E-state index in [4.69, 9.17) is 0 Å². The standard InChI is InChI=1S/C13H13N3O/c1-3-7-13(17)12(4-2)16-14-10-8-5-6-9-11(10)15-16/h3-9,17H,1H2,2H3/b12-4+,13-7+. The number of benzene rings is 1. The van der Waals surface area contributed by atoms with Crippen LogP contribution >= 0.6 is 0 Å². The molecular weight excluding hydrogens is 214 g/mol. The molecule has 1 heterocycles. The minimum absolute atomic E-state index is 0.0859. The molecule has 86 valence electrons. The Kier molecular flexibility index (Phi) is 3.05. The maximum atomic E-state index is 9.81. The summed E-state index contributed by atoms with van der Waals surface area (Å²) in [6.07, 6.45) is 4.76. The van der Waals surface area contributed by atoms with Gasteiger partial charge in [-0.2, -0.15) is 0 Å². The molecular formula is C13H13N3O. The van der Waals surface area contributed by atoms with E-state index in [9.17, 15) is 5.11 Å². The number of aromatic nitrogens is 3. The molecule has 0 fully saturated rings. The first-order valence-corrected chi connectivity index (χ1v) is 5.27. The summed E-state index contributed by atoms with van der Waals surface area (Å²) in [5.74, 6) is 0.0859. The lowest BCUT2D eigenvalue weighted by Gasteiger charge is -2.03. The van der Waals surface area contributed by atoms with Crippen LogP contribution in [0.15, 0.2) is 54.8 Å². The Morgan fingerprint density at radius 2 is 1.88 bits per heavy atom. The summed E-state index contributed by atoms with van der Waals surface area (Å²) >= 11 is 0. The van der Waals surface area contributed by atoms with Crippen molar-refractivity contribution in [3.8, 4) is 0 Å². The molecule has 0 amide bonds. The van der Waals surface area contributed by atoms with E-state index in [1.54, 1.807) is 6.08 Å². The maximum absolute atomic E-state index is 9.81. The summed E-state index contributed by atoms with van der Waals surface area (Å²) in [7, 11) is 0. The fourth-order valence-electron chi connectivity index (χ4n) is 1.53. The Morgan fingerprint density at radius 1 is 1.29 bits per heavy atom. The molecule has 0 radical (unpaired) electrons. The van der Waals surface area contributed by atoms with Crippen LogP contribution in [0.2, 0.25) is 0 Å². The van der Waals surface area contributed by atoms with Crippen LogP contribution in [-0.4, -0.2) is 20.1 Å². The third-order valence-corrected chi connectivity index (χ3v) is 2.31. The molecule has 0 unspecified atom stereocenters. The minimum atomic E-state index is 0.0859. The van der Waals surface area contributed by atoms with Crippen molar-refractivity contribution in [1.29, 1.82) is 0 Å². The summed E-state index contributed by atoms with van der Waals surface area (Å²) in [4.78, 5) is 1.42. The van der Waals surface area contributed by atoms with E-state index in [0.717, 1.165) is 11.0 Å². The smallest absolute Gasteiger partial charge is 0.142 e. The largest absolute Gasteiger partial charge is 0.506 e. The molecule has 0 spiro atoms. The van der Waals surface area contributed by atoms with Crippen LogP contribution in [0.1, 0.15) is 6.92 Å². The van der Waals surface area contributed by atoms with Crippen molar-refractivity contribution in [1.82, 2.24) is 15.0 Å². The van der Waals surface area contributed by atoms with Gasteiger partial charge in [0.05, 0.1) is 0 Å². The van der Waals surface area contributed by atoms with Crippen LogP contribution in [0, 0.1) is 0 Å². The molecule has 0 aliphatic carbocycles. The van der Waals surface area contributed by atoms with Crippen molar-refractivity contribution in [2.75, 3.05) is 0 Å². The zero-order chi connectivity index (χ0) is 12.3. The number of aliphatic hydroxyl groups excluding tert-OH is 1. The highest BCUT2D eigenvalue weighted by Crippen LogP contribution is 2.15. The molecule has 2 rings (SSSR count). The normalized spacial score (nSPS) is 13.0. The predicted molar refractivity (Wildman–Crippen MR) is 68.4 cm³/mol. The number of allylic oxidation sites excluding steroid dienone is 4. The fourth-order valence-corrected chi connectivity index (χ4v) is 1.53. The topological polar surface area (TPSA) is 50.9 Å². The van der Waals surface area contributed by atoms with Gasteiger partial charge in [0.1, 0.15) is 22.5 Å². The maximum Gasteiger partial charge on any atom is 0.142 e. The second-order valence-electron chi connectivity index (χ2n) is 3.44. The van der Waals surface area contributed by atoms with Gasteiger partial charge in [-0.25, -0.2) is 0 Å². The van der Waals surface area contributed by atoms with Crippen molar-refractivity contribution < 1.29 is 5.11 Å². The first-order chi connectivity index (χ1) is 8.26. The highest BCUT2D eigenvalue weighted by Gasteiger charge is 2.08. The summed E-state index contributed by atoms with van der Waals surface area (Å²) in [6, 6.07) is 7.55. The van der Waals surface area contributed by atoms with Crippen LogP contribution in [0.3, 0.4) is 0 Å². The van der Waals surface area contributed by atoms with Gasteiger partial charge in [0, 0.05) is 0 Å². The first-order valence-electron chi connectivity index (χ1n) is 5.27. The van der Waals surface area contributed by atoms with Gasteiger partial charge in [-0.15, -0.1) is 15.0 Å². The van der Waals surface area contributed by atoms with E-state index in [1.165, 1.54) is 16.9 Å². The predicted octanol–water partition coefficient (Wildman–Crippen LogP) is 2.92. The average molecular weight is 227 g/mol. The Bertz CT molecular complexity index is 575. The van der Waals surface area contributed by atoms with Crippen LogP contribution in [0.5, 0.6) is 0 Å². The van der Waals surface area contributed by atoms with Gasteiger partial charge in [-0.1, -0.05) is 30.9 Å². The van der Waals surface area contributed by atoms with Crippen molar-refractivity contribution in [2.45, 2.75) is 6.92 Å². The van der Waals surface area contributed by atoms with Crippen molar-refractivity contribution in [3.05, 3.63) is 54.8 Å². The highest BCUT2D eigenvalue weighted by atomic mass is 16.3. The summed E-state index contributed by atoms with van der Waals surface area (Å²) in [5, 5.41) is 18.4. The molecule has 0 atom stereocenters. The van der Waals surface area contributed by atoms with Crippen LogP contribution < -0.4 is 0 Å². The van der Waals surface area contributed by atoms with Gasteiger partial charge in [0.25, 0.3) is 0 Å². The number of rotatable bonds is 3. The first kappa shape index (κ1) is 11.1. The van der Waals surface area contributed by atoms with E-state index in [2.05, 4.69) is 16.8 Å². The SMILES string of the molecule is C=C/C=C(O)\C(=C/C)n1nc2ccccc2n1. The molecule has 1 N–H and O–H groups in total. The second kappa shape index (κ2) is 4.65. The van der Waals surface area contributed by atoms with Gasteiger partial charge in [0.15, 0.2) is 0 Å². The van der Waals surface area contributed by atoms with Crippen LogP contribution in [0.25, 0.3) is 16.7 Å². The molecule has 0 bridgehead atoms. The van der Waals surface area contributed by atoms with Gasteiger partial charge in [-0.3, -0.25) is 0 Å². The van der Waals surface area contributed by atoms with Gasteiger partial charge in [-0.05, 0) is 25.1 Å². The minimum Gasteiger partial charge on any atom is -0.506 e. The van der Waals surface area contributed by atoms with Gasteiger partial charge >= 0.3 is 0 Å². The number of aliphatic hydroxyl groups is 1. The lowest BCUT2D eigenvalue weighted by atomic mass is 10.3. The monoisotopic (exact) mass is 227 g/mol. The quantitative estimate of drug-likeness (QED) is 0.648. The molecule has 0 aliphatic heterocycles. The summed E-state index contributed by atoms with van der Waals surface area (Å²) in [5.41, 5.74) is 2.11. The molecule has 0 saturated carbocycles. The van der Waals surface area contributed by atoms with Gasteiger partial charge in [0.2, 0.25) is 0 Å². The lowest BCUT2D eigenvalue weighted by Crippen LogP contribution is -2.03. The number of hydrogen-bond donors (Lipinski definition) is 1. The number of fused-ring (bicyclic) bond motifs is 1. The summed E-state index contributed by atoms with van der Waals surface area (Å²) < 4.78 is 0. The molecule has 2 aromatic rings. The molecule has 4 heteroatoms. The average Bonchev–Trinajstić information content (AvgIpc) is 2.73. The molecule has 1 aromatic carbocycles. The van der Waals surface area contributed by atoms with E-state index in [1.807, 2.05) is 31.2 Å². The second-order valence-corrected chi connectivity index (χ2v) is 3.44. The zero-order valence-electron chi connectivity index (χ0n) is 9.54. The zero-order valence-corrected chi connectivity index (χ0v) is 9.54. The van der Waals surface area contributed by atoms with Gasteiger partial charge < -0.3 is 5.11 Å². The van der Waals surface area contributed by atoms with E-state index in [-0.39, 0.29) is 5.76 Å². The third kappa shape index (κ3) is 2.10. The van der Waals surface area contributed by atoms with E-state index < -0.39 is 0 Å². The van der Waals surface area contributed by atoms with Crippen LogP contribution in [-0.2, 0) is 0 Å². The molecule has 17 heavy (non-hydrogen) atoms. The lowest BCUT2D eigenvalue weighted by molar-refractivity contribution is 0.428. The molecule has 0 aliphatic rings. The van der Waals surface area contributed by atoms with E-state index >= 15 is 0 Å². The summed E-state index contributed by atoms with van der Waals surface area (Å²) in [6.45, 7) is 5.36. The van der Waals surface area contributed by atoms with Crippen molar-refractivity contribution in [2.24, 2.45) is 0 Å². The molecule has 4 nitrogen and oxygen atoms in total. The fraction of sp³-hybridized carbons (Fsp3) is 0.0769. The van der Waals surface area contributed by atoms with Crippen LogP contribution in [0.4, 0.5) is 0 Å². The van der Waals surface area contributed by atoms with Crippen molar-refractivity contribution in [3.63, 3.8) is 0 Å². The molecule has 1 aromatic heterocycles. The Labute approximate surface area is 99.2 Å². The highest BCUT2D eigenvalue weighted by molar-refractivity contribution is 5.74.